The molecule has 94 valence electrons. The van der Waals surface area contributed by atoms with Crippen molar-refractivity contribution in [2.45, 2.75) is 20.3 Å². The van der Waals surface area contributed by atoms with Gasteiger partial charge in [0.25, 0.3) is 0 Å². The van der Waals surface area contributed by atoms with E-state index in [1.807, 2.05) is 30.9 Å². The zero-order valence-corrected chi connectivity index (χ0v) is 11.4. The molecule has 2 rings (SSSR count). The number of hydrogen-bond acceptors (Lipinski definition) is 2. The van der Waals surface area contributed by atoms with Gasteiger partial charge in [-0.1, -0.05) is 30.7 Å². The van der Waals surface area contributed by atoms with Crippen LogP contribution in [0.1, 0.15) is 26.0 Å². The van der Waals surface area contributed by atoms with Crippen LogP contribution < -0.4 is 0 Å². The number of aryl methyl sites for hydroxylation is 1. The summed E-state index contributed by atoms with van der Waals surface area (Å²) in [6.07, 6.45) is 3.15. The number of para-hydroxylation sites is 1. The van der Waals surface area contributed by atoms with E-state index in [0.29, 0.717) is 0 Å². The Labute approximate surface area is 108 Å². The Morgan fingerprint density at radius 2 is 2.11 bits per heavy atom. The molecule has 0 aliphatic carbocycles. The van der Waals surface area contributed by atoms with Crippen LogP contribution in [0.25, 0.3) is 10.9 Å². The van der Waals surface area contributed by atoms with Crippen LogP contribution in [0.2, 0.25) is 0 Å². The van der Waals surface area contributed by atoms with Crippen LogP contribution in [0.5, 0.6) is 0 Å². The predicted octanol–water partition coefficient (Wildman–Crippen LogP) is 3.35. The van der Waals surface area contributed by atoms with Crippen LogP contribution in [-0.4, -0.2) is 22.5 Å². The number of aliphatic imine (C=N–C) groups is 1. The monoisotopic (exact) mass is 241 g/mol. The summed E-state index contributed by atoms with van der Waals surface area (Å²) in [7, 11) is 3.79. The Kier molecular flexibility index (Phi) is 3.60. The fourth-order valence-electron chi connectivity index (χ4n) is 1.98. The number of allylic oxidation sites excluding steroid dienone is 2. The van der Waals surface area contributed by atoms with Gasteiger partial charge in [0.15, 0.2) is 0 Å². The molecule has 18 heavy (non-hydrogen) atoms. The molecule has 1 heterocycles. The largest absolute Gasteiger partial charge is 0.286 e. The van der Waals surface area contributed by atoms with Crippen molar-refractivity contribution in [3.05, 3.63) is 41.6 Å². The molecule has 2 aromatic rings. The Morgan fingerprint density at radius 1 is 1.39 bits per heavy atom. The van der Waals surface area contributed by atoms with Crippen LogP contribution in [0.3, 0.4) is 0 Å². The molecule has 0 aliphatic rings. The van der Waals surface area contributed by atoms with E-state index >= 15 is 0 Å². The number of hydrogen-bond donors (Lipinski definition) is 0. The summed E-state index contributed by atoms with van der Waals surface area (Å²) in [5, 5.41) is 5.74. The minimum Gasteiger partial charge on any atom is -0.286 e. The lowest BCUT2D eigenvalue weighted by atomic mass is 10.1. The zero-order valence-electron chi connectivity index (χ0n) is 11.4. The lowest BCUT2D eigenvalue weighted by Crippen LogP contribution is -2.01. The first-order valence-electron chi connectivity index (χ1n) is 6.23. The summed E-state index contributed by atoms with van der Waals surface area (Å²) < 4.78 is 1.91. The molecular formula is C15H19N3. The average Bonchev–Trinajstić information content (AvgIpc) is 2.74. The summed E-state index contributed by atoms with van der Waals surface area (Å²) in [4.78, 5) is 4.37. The van der Waals surface area contributed by atoms with Gasteiger partial charge < -0.3 is 0 Å². The van der Waals surface area contributed by atoms with Gasteiger partial charge >= 0.3 is 0 Å². The average molecular weight is 241 g/mol. The zero-order chi connectivity index (χ0) is 13.1. The number of nitrogens with zero attached hydrogens (tertiary/aromatic N) is 3. The van der Waals surface area contributed by atoms with Crippen molar-refractivity contribution < 1.29 is 0 Å². The Bertz CT molecular complexity index is 618. The second kappa shape index (κ2) is 5.17. The molecule has 0 saturated carbocycles. The van der Waals surface area contributed by atoms with Gasteiger partial charge in [-0.15, -0.1) is 0 Å². The SMILES string of the molecule is CC/C(C)=C\C(=NC)c1nn(C)c2ccccc12. The molecular weight excluding hydrogens is 222 g/mol. The minimum absolute atomic E-state index is 0.950. The predicted molar refractivity (Wildman–Crippen MR) is 77.2 cm³/mol. The van der Waals surface area contributed by atoms with Crippen molar-refractivity contribution in [1.29, 1.82) is 0 Å². The van der Waals surface area contributed by atoms with Crippen molar-refractivity contribution >= 4 is 16.6 Å². The Hall–Kier alpha value is -1.90. The molecule has 3 nitrogen and oxygen atoms in total. The molecule has 0 amide bonds. The molecule has 0 unspecified atom stereocenters. The van der Waals surface area contributed by atoms with Gasteiger partial charge in [0, 0.05) is 19.5 Å². The molecule has 0 radical (unpaired) electrons. The first kappa shape index (κ1) is 12.6. The van der Waals surface area contributed by atoms with Gasteiger partial charge in [-0.3, -0.25) is 9.67 Å². The van der Waals surface area contributed by atoms with Crippen molar-refractivity contribution in [2.75, 3.05) is 7.05 Å². The fraction of sp³-hybridized carbons (Fsp3) is 0.333. The van der Waals surface area contributed by atoms with Crippen LogP contribution in [0.4, 0.5) is 0 Å². The normalized spacial score (nSPS) is 13.3. The van der Waals surface area contributed by atoms with Crippen molar-refractivity contribution in [3.63, 3.8) is 0 Å². The molecule has 1 aromatic carbocycles. The molecule has 1 aromatic heterocycles. The lowest BCUT2D eigenvalue weighted by Gasteiger charge is -1.99. The molecule has 3 heteroatoms. The Morgan fingerprint density at radius 3 is 2.78 bits per heavy atom. The Balaban J connectivity index is 2.60. The summed E-state index contributed by atoms with van der Waals surface area (Å²) in [5.74, 6) is 0. The first-order valence-corrected chi connectivity index (χ1v) is 6.23. The van der Waals surface area contributed by atoms with E-state index in [-0.39, 0.29) is 0 Å². The second-order valence-corrected chi connectivity index (χ2v) is 4.44. The molecule has 0 spiro atoms. The van der Waals surface area contributed by atoms with Gasteiger partial charge in [-0.2, -0.15) is 5.10 Å². The second-order valence-electron chi connectivity index (χ2n) is 4.44. The highest BCUT2D eigenvalue weighted by Crippen LogP contribution is 2.19. The number of benzene rings is 1. The third-order valence-corrected chi connectivity index (χ3v) is 3.18. The van der Waals surface area contributed by atoms with Gasteiger partial charge in [0.2, 0.25) is 0 Å². The summed E-state index contributed by atoms with van der Waals surface area (Å²) >= 11 is 0. The lowest BCUT2D eigenvalue weighted by molar-refractivity contribution is 0.793. The maximum atomic E-state index is 4.59. The smallest absolute Gasteiger partial charge is 0.118 e. The van der Waals surface area contributed by atoms with E-state index in [1.165, 1.54) is 5.57 Å². The van der Waals surface area contributed by atoms with E-state index in [9.17, 15) is 0 Å². The topological polar surface area (TPSA) is 30.2 Å². The molecule has 0 atom stereocenters. The van der Waals surface area contributed by atoms with Crippen molar-refractivity contribution in [1.82, 2.24) is 9.78 Å². The minimum atomic E-state index is 0.950. The fourth-order valence-corrected chi connectivity index (χ4v) is 1.98. The van der Waals surface area contributed by atoms with Gasteiger partial charge in [0.05, 0.1) is 11.2 Å². The molecule has 0 saturated heterocycles. The van der Waals surface area contributed by atoms with Crippen molar-refractivity contribution in [2.24, 2.45) is 12.0 Å². The third-order valence-electron chi connectivity index (χ3n) is 3.18. The molecule has 0 aliphatic heterocycles. The highest BCUT2D eigenvalue weighted by atomic mass is 15.3. The maximum absolute atomic E-state index is 4.59. The van der Waals surface area contributed by atoms with Crippen LogP contribution in [-0.2, 0) is 7.05 Å². The molecule has 0 fully saturated rings. The number of rotatable bonds is 3. The van der Waals surface area contributed by atoms with Gasteiger partial charge in [-0.05, 0) is 25.5 Å². The third kappa shape index (κ3) is 2.21. The summed E-state index contributed by atoms with van der Waals surface area (Å²) in [5.41, 5.74) is 4.36. The van der Waals surface area contributed by atoms with E-state index in [4.69, 9.17) is 0 Å². The van der Waals surface area contributed by atoms with Gasteiger partial charge in [-0.25, -0.2) is 0 Å². The van der Waals surface area contributed by atoms with Crippen LogP contribution in [0, 0.1) is 0 Å². The molecule has 0 N–H and O–H groups in total. The number of aromatic nitrogens is 2. The van der Waals surface area contributed by atoms with E-state index in [2.05, 4.69) is 42.1 Å². The van der Waals surface area contributed by atoms with Crippen molar-refractivity contribution in [3.8, 4) is 0 Å². The molecule has 0 bridgehead atoms. The van der Waals surface area contributed by atoms with Crippen LogP contribution in [0.15, 0.2) is 40.9 Å². The summed E-state index contributed by atoms with van der Waals surface area (Å²) in [6, 6.07) is 8.24. The quantitative estimate of drug-likeness (QED) is 0.758. The van der Waals surface area contributed by atoms with E-state index < -0.39 is 0 Å². The van der Waals surface area contributed by atoms with E-state index in [1.54, 1.807) is 0 Å². The van der Waals surface area contributed by atoms with E-state index in [0.717, 1.165) is 28.7 Å². The standard InChI is InChI=1S/C15H19N3/c1-5-11(2)10-13(16-3)15-12-8-6-7-9-14(12)18(4)17-15/h6-10H,5H2,1-4H3/b11-10-,16-13?. The highest BCUT2D eigenvalue weighted by molar-refractivity contribution is 6.15. The van der Waals surface area contributed by atoms with Crippen LogP contribution >= 0.6 is 0 Å². The summed E-state index contributed by atoms with van der Waals surface area (Å²) in [6.45, 7) is 4.27. The van der Waals surface area contributed by atoms with Gasteiger partial charge in [0.1, 0.15) is 5.69 Å². The highest BCUT2D eigenvalue weighted by Gasteiger charge is 2.11. The first-order chi connectivity index (χ1) is 8.67. The maximum Gasteiger partial charge on any atom is 0.118 e. The number of fused-ring (bicyclic) bond motifs is 1.